The van der Waals surface area contributed by atoms with Gasteiger partial charge in [-0.1, -0.05) is 219 Å². The fourth-order valence-electron chi connectivity index (χ4n) is 10.0. The highest BCUT2D eigenvalue weighted by Gasteiger charge is 2.26. The lowest BCUT2D eigenvalue weighted by molar-refractivity contribution is 0.183. The van der Waals surface area contributed by atoms with Crippen molar-refractivity contribution in [2.75, 3.05) is 21.3 Å². The number of fused-ring (bicyclic) bond motifs is 1. The largest absolute Gasteiger partial charge is 0.423 e. The Hall–Kier alpha value is -7.63. The van der Waals surface area contributed by atoms with Crippen molar-refractivity contribution in [2.24, 2.45) is 35.5 Å². The molecule has 2 aromatic heterocycles. The molecule has 0 aliphatic carbocycles. The predicted octanol–water partition coefficient (Wildman–Crippen LogP) is 18.3. The van der Waals surface area contributed by atoms with Crippen LogP contribution in [0.2, 0.25) is 0 Å². The zero-order valence-electron chi connectivity index (χ0n) is 52.8. The van der Waals surface area contributed by atoms with Crippen LogP contribution in [0.25, 0.3) is 11.0 Å². The second kappa shape index (κ2) is 42.2. The van der Waals surface area contributed by atoms with Crippen LogP contribution >= 0.6 is 0 Å². The minimum absolute atomic E-state index is 0.0950. The van der Waals surface area contributed by atoms with E-state index < -0.39 is 11.2 Å². The van der Waals surface area contributed by atoms with Gasteiger partial charge in [-0.2, -0.15) is 10.5 Å². The molecule has 10 nitrogen and oxygen atoms in total. The molecule has 0 saturated heterocycles. The Morgan fingerprint density at radius 3 is 1.25 bits per heavy atom. The lowest BCUT2D eigenvalue weighted by Crippen LogP contribution is -2.24. The summed E-state index contributed by atoms with van der Waals surface area (Å²) in [6.45, 7) is 17.9. The Kier molecular flexibility index (Phi) is 35.6. The van der Waals surface area contributed by atoms with Crippen molar-refractivity contribution in [1.29, 1.82) is 10.5 Å². The van der Waals surface area contributed by atoms with Crippen LogP contribution in [0.1, 0.15) is 171 Å². The number of H-pyrrole nitrogens is 2. The molecular weight excluding hydrogens is 1050 g/mol. The Bertz CT molecular complexity index is 3030. The van der Waals surface area contributed by atoms with E-state index in [0.717, 1.165) is 69.6 Å². The van der Waals surface area contributed by atoms with Crippen molar-refractivity contribution in [3.8, 4) is 12.1 Å². The average molecular weight is 1150 g/mol. The first-order chi connectivity index (χ1) is 41.0. The molecule has 7 aromatic rings. The maximum Gasteiger partial charge on any atom is 0.336 e. The number of ether oxygens (including phenoxy) is 2. The molecule has 7 rings (SSSR count). The van der Waals surface area contributed by atoms with Gasteiger partial charge in [-0.25, -0.2) is 9.59 Å². The fraction of sp³-hybridized carbons (Fsp3) is 0.427. The zero-order valence-corrected chi connectivity index (χ0v) is 52.8. The van der Waals surface area contributed by atoms with E-state index in [2.05, 4.69) is 228 Å². The number of benzene rings is 5. The summed E-state index contributed by atoms with van der Waals surface area (Å²) in [4.78, 5) is 36.5. The number of rotatable bonds is 26. The number of aromatic amines is 2. The summed E-state index contributed by atoms with van der Waals surface area (Å²) >= 11 is 0. The van der Waals surface area contributed by atoms with E-state index in [1.807, 2.05) is 18.2 Å². The summed E-state index contributed by atoms with van der Waals surface area (Å²) in [5.41, 5.74) is 5.42. The molecule has 0 spiro atoms. The molecule has 0 bridgehead atoms. The van der Waals surface area contributed by atoms with Crippen molar-refractivity contribution in [3.05, 3.63) is 247 Å². The maximum absolute atomic E-state index is 10.9. The van der Waals surface area contributed by atoms with Crippen molar-refractivity contribution in [2.45, 2.75) is 150 Å². The topological polar surface area (TPSA) is 162 Å². The zero-order chi connectivity index (χ0) is 62.2. The number of aromatic nitrogens is 2. The Labute approximate surface area is 509 Å². The quantitative estimate of drug-likeness (QED) is 0.0400. The highest BCUT2D eigenvalue weighted by Crippen LogP contribution is 2.40. The molecule has 0 fully saturated rings. The van der Waals surface area contributed by atoms with Gasteiger partial charge in [0.1, 0.15) is 5.58 Å². The number of methoxy groups -OCH3 is 2. The lowest BCUT2D eigenvalue weighted by Gasteiger charge is -2.27. The SMILES string of the molecule is CC(C)C/C=C/CCC(CC(CC(C#N)C(C)C)c1ccccc1)c1ccccc1.CC(C)C/C=C/CCC(CC(CC(C#N)C(C)C)c1ccccc1)c1ccccc1.COC.COCc1c[nH]c(=O)[nH]c1=O.O=c1ccc2ccccc2o1. The summed E-state index contributed by atoms with van der Waals surface area (Å²) in [6.07, 6.45) is 21.6. The van der Waals surface area contributed by atoms with E-state index in [1.54, 1.807) is 26.4 Å². The summed E-state index contributed by atoms with van der Waals surface area (Å²) in [6, 6.07) is 59.3. The molecule has 0 aliphatic rings. The van der Waals surface area contributed by atoms with Gasteiger partial charge < -0.3 is 18.9 Å². The third-order valence-corrected chi connectivity index (χ3v) is 14.9. The van der Waals surface area contributed by atoms with E-state index in [-0.39, 0.29) is 24.1 Å². The molecule has 5 aromatic carbocycles. The minimum Gasteiger partial charge on any atom is -0.423 e. The normalized spacial score (nSPS) is 13.2. The third-order valence-electron chi connectivity index (χ3n) is 14.9. The lowest BCUT2D eigenvalue weighted by atomic mass is 9.77. The Morgan fingerprint density at radius 2 is 0.882 bits per heavy atom. The van der Waals surface area contributed by atoms with Crippen LogP contribution in [-0.2, 0) is 16.1 Å². The van der Waals surface area contributed by atoms with E-state index >= 15 is 0 Å². The summed E-state index contributed by atoms with van der Waals surface area (Å²) in [5.74, 6) is 4.21. The molecule has 0 saturated carbocycles. The first-order valence-corrected chi connectivity index (χ1v) is 30.5. The molecule has 10 heteroatoms. The molecule has 2 heterocycles. The van der Waals surface area contributed by atoms with Crippen LogP contribution in [0.15, 0.2) is 207 Å². The van der Waals surface area contributed by atoms with Crippen LogP contribution in [0.5, 0.6) is 0 Å². The van der Waals surface area contributed by atoms with Crippen molar-refractivity contribution >= 4 is 11.0 Å². The molecule has 0 radical (unpaired) electrons. The number of allylic oxidation sites excluding steroid dienone is 4. The molecule has 2 N–H and O–H groups in total. The second-order valence-electron chi connectivity index (χ2n) is 23.4. The standard InChI is InChI=1S/2C29H39N.C9H6O2.C6H8N2O3.C2H6O/c2*1-23(2)14-8-5-13-19-27(25-15-9-6-10-16-25)20-28(21-29(22-30)24(3)4)26-17-11-7-12-18-26;10-9-6-5-7-3-1-2-4-8(7)11-9;1-11-3-4-2-7-6(10)8-5(4)9;1-3-2/h2*5-12,15-18,23-24,27-29H,13-14,19-21H2,1-4H3;1-6H;2H,3H2,1H3,(H2,7,8,9,10);1-2H3/b2*8-5+;;;. The smallest absolute Gasteiger partial charge is 0.336 e. The van der Waals surface area contributed by atoms with Gasteiger partial charge in [0.25, 0.3) is 5.56 Å². The molecule has 6 atom stereocenters. The monoisotopic (exact) mass is 1150 g/mol. The van der Waals surface area contributed by atoms with E-state index in [9.17, 15) is 24.9 Å². The first kappa shape index (κ1) is 71.6. The molecule has 6 unspecified atom stereocenters. The van der Waals surface area contributed by atoms with Crippen LogP contribution in [0, 0.1) is 58.2 Å². The van der Waals surface area contributed by atoms with Crippen molar-refractivity contribution < 1.29 is 13.9 Å². The van der Waals surface area contributed by atoms with Gasteiger partial charge in [-0.15, -0.1) is 0 Å². The number of nitrogens with zero attached hydrogens (tertiary/aromatic N) is 2. The van der Waals surface area contributed by atoms with Crippen LogP contribution in [-0.4, -0.2) is 31.3 Å². The van der Waals surface area contributed by atoms with E-state index in [0.29, 0.717) is 58.5 Å². The van der Waals surface area contributed by atoms with Gasteiger partial charge in [-0.05, 0) is 146 Å². The van der Waals surface area contributed by atoms with Gasteiger partial charge in [0.05, 0.1) is 24.3 Å². The van der Waals surface area contributed by atoms with Gasteiger partial charge in [0.15, 0.2) is 0 Å². The second-order valence-corrected chi connectivity index (χ2v) is 23.4. The summed E-state index contributed by atoms with van der Waals surface area (Å²) in [5, 5.41) is 20.4. The summed E-state index contributed by atoms with van der Waals surface area (Å²) < 4.78 is 13.9. The van der Waals surface area contributed by atoms with E-state index in [4.69, 9.17) is 9.15 Å². The Morgan fingerprint density at radius 1 is 0.494 bits per heavy atom. The highest BCUT2D eigenvalue weighted by atomic mass is 16.5. The minimum atomic E-state index is -0.505. The average Bonchev–Trinajstić information content (AvgIpc) is 3.67. The van der Waals surface area contributed by atoms with Gasteiger partial charge in [-0.3, -0.25) is 9.78 Å². The van der Waals surface area contributed by atoms with Crippen LogP contribution < -0.4 is 16.9 Å². The molecule has 454 valence electrons. The summed E-state index contributed by atoms with van der Waals surface area (Å²) in [7, 11) is 4.73. The molecule has 0 amide bonds. The van der Waals surface area contributed by atoms with Gasteiger partial charge in [0.2, 0.25) is 0 Å². The van der Waals surface area contributed by atoms with Crippen LogP contribution in [0.3, 0.4) is 0 Å². The van der Waals surface area contributed by atoms with E-state index in [1.165, 1.54) is 41.6 Å². The number of hydrogen-bond acceptors (Lipinski definition) is 8. The molecular formula is C75H98N4O6. The predicted molar refractivity (Wildman–Crippen MR) is 353 cm³/mol. The van der Waals surface area contributed by atoms with Crippen molar-refractivity contribution in [1.82, 2.24) is 9.97 Å². The third kappa shape index (κ3) is 29.2. The fourth-order valence-corrected chi connectivity index (χ4v) is 10.0. The maximum atomic E-state index is 10.9. The number of nitrogens with one attached hydrogen (secondary N) is 2. The number of nitriles is 2. The Balaban J connectivity index is 0.000000318. The van der Waals surface area contributed by atoms with Gasteiger partial charge >= 0.3 is 11.3 Å². The number of hydrogen-bond donors (Lipinski definition) is 2. The first-order valence-electron chi connectivity index (χ1n) is 30.5. The van der Waals surface area contributed by atoms with Crippen molar-refractivity contribution in [3.63, 3.8) is 0 Å². The van der Waals surface area contributed by atoms with Crippen LogP contribution in [0.4, 0.5) is 0 Å². The molecule has 0 aliphatic heterocycles. The highest BCUT2D eigenvalue weighted by molar-refractivity contribution is 5.75. The molecule has 85 heavy (non-hydrogen) atoms. The number of para-hydroxylation sites is 1. The van der Waals surface area contributed by atoms with Gasteiger partial charge in [0, 0.05) is 50.8 Å².